The van der Waals surface area contributed by atoms with Crippen LogP contribution in [-0.2, 0) is 4.79 Å². The van der Waals surface area contributed by atoms with Crippen molar-refractivity contribution < 1.29 is 24.7 Å². The number of amides is 2. The number of nitrogens with zero attached hydrogens (tertiary/aromatic N) is 1. The number of pyridine rings is 1. The van der Waals surface area contributed by atoms with Crippen molar-refractivity contribution in [3.05, 3.63) is 42.2 Å². The molecule has 9 heteroatoms. The van der Waals surface area contributed by atoms with Crippen LogP contribution in [0.4, 0.5) is 0 Å². The molecule has 1 unspecified atom stereocenters. The first-order chi connectivity index (χ1) is 13.2. The van der Waals surface area contributed by atoms with Crippen LogP contribution in [-0.4, -0.2) is 57.2 Å². The van der Waals surface area contributed by atoms with Crippen LogP contribution < -0.4 is 10.6 Å². The number of aromatic nitrogens is 1. The quantitative estimate of drug-likeness (QED) is 0.413. The summed E-state index contributed by atoms with van der Waals surface area (Å²) in [5.41, 5.74) is 0.109. The van der Waals surface area contributed by atoms with Crippen molar-refractivity contribution in [3.63, 3.8) is 0 Å². The molecule has 0 radical (unpaired) electrons. The van der Waals surface area contributed by atoms with E-state index in [0.29, 0.717) is 6.42 Å². The van der Waals surface area contributed by atoms with Gasteiger partial charge in [-0.05, 0) is 30.7 Å². The number of aliphatic hydroxyl groups excluding tert-OH is 1. The van der Waals surface area contributed by atoms with Gasteiger partial charge in [0.25, 0.3) is 5.91 Å². The zero-order valence-electron chi connectivity index (χ0n) is 16.2. The number of carbonyl (C=O) groups is 2. The lowest BCUT2D eigenvalue weighted by atomic mass is 9.75. The molecule has 8 nitrogen and oxygen atoms in total. The number of hydrogen-bond acceptors (Lipinski definition) is 6. The molecule has 0 saturated carbocycles. The van der Waals surface area contributed by atoms with Crippen LogP contribution in [0.2, 0.25) is 0 Å². The first-order valence-corrected chi connectivity index (χ1v) is 9.19. The van der Waals surface area contributed by atoms with Crippen molar-refractivity contribution in [3.8, 4) is 0 Å². The lowest BCUT2D eigenvalue weighted by Crippen LogP contribution is -2.57. The fourth-order valence-electron chi connectivity index (χ4n) is 2.86. The van der Waals surface area contributed by atoms with E-state index in [1.807, 2.05) is 38.1 Å². The third-order valence-electron chi connectivity index (χ3n) is 4.33. The maximum Gasteiger partial charge on any atom is 0.475 e. The van der Waals surface area contributed by atoms with Gasteiger partial charge in [0.1, 0.15) is 11.7 Å². The smallest absolute Gasteiger partial charge is 0.426 e. The largest absolute Gasteiger partial charge is 0.475 e. The van der Waals surface area contributed by atoms with Crippen molar-refractivity contribution >= 4 is 29.7 Å². The van der Waals surface area contributed by atoms with E-state index in [4.69, 9.17) is 0 Å². The molecule has 150 valence electrons. The Morgan fingerprint density at radius 1 is 1.11 bits per heavy atom. The van der Waals surface area contributed by atoms with Crippen molar-refractivity contribution in [1.82, 2.24) is 15.6 Å². The standard InChI is InChI=1S/C19H26BN3O5/c1-11(2)8-16(20(27)28)22-19(26)17(12(3)24)23-18(25)15-9-13-6-4-5-7-14(13)10-21-15/h4-7,9-12,16-17,24,27-28H,8H2,1-3H3,(H,22,26)(H,23,25)/t12?,16-,17-/m0/s1. The van der Waals surface area contributed by atoms with Gasteiger partial charge in [-0.15, -0.1) is 0 Å². The lowest BCUT2D eigenvalue weighted by Gasteiger charge is -2.25. The highest BCUT2D eigenvalue weighted by atomic mass is 16.4. The number of hydrogen-bond donors (Lipinski definition) is 5. The number of benzene rings is 1. The number of aliphatic hydroxyl groups is 1. The molecule has 0 spiro atoms. The highest BCUT2D eigenvalue weighted by Crippen LogP contribution is 2.13. The number of nitrogens with one attached hydrogen (secondary N) is 2. The Labute approximate surface area is 164 Å². The minimum absolute atomic E-state index is 0.105. The van der Waals surface area contributed by atoms with Crippen molar-refractivity contribution in [2.45, 2.75) is 45.3 Å². The van der Waals surface area contributed by atoms with Crippen molar-refractivity contribution in [2.75, 3.05) is 0 Å². The topological polar surface area (TPSA) is 132 Å². The first kappa shape index (κ1) is 21.8. The Morgan fingerprint density at radius 3 is 2.32 bits per heavy atom. The predicted molar refractivity (Wildman–Crippen MR) is 106 cm³/mol. The Bertz CT molecular complexity index is 828. The van der Waals surface area contributed by atoms with E-state index in [2.05, 4.69) is 15.6 Å². The van der Waals surface area contributed by atoms with Crippen LogP contribution >= 0.6 is 0 Å². The zero-order valence-corrected chi connectivity index (χ0v) is 16.2. The summed E-state index contributed by atoms with van der Waals surface area (Å²) in [5.74, 6) is -2.13. The van der Waals surface area contributed by atoms with Crippen LogP contribution in [0, 0.1) is 5.92 Å². The summed E-state index contributed by atoms with van der Waals surface area (Å²) in [6.07, 6.45) is 0.693. The second kappa shape index (κ2) is 9.63. The zero-order chi connectivity index (χ0) is 20.8. The number of fused-ring (bicyclic) bond motifs is 1. The maximum absolute atomic E-state index is 12.5. The molecule has 2 amide bonds. The van der Waals surface area contributed by atoms with E-state index in [1.54, 1.807) is 12.3 Å². The van der Waals surface area contributed by atoms with Gasteiger partial charge in [0.05, 0.1) is 12.0 Å². The molecule has 0 bridgehead atoms. The maximum atomic E-state index is 12.5. The molecule has 2 aromatic rings. The van der Waals surface area contributed by atoms with Crippen molar-refractivity contribution in [2.24, 2.45) is 5.92 Å². The van der Waals surface area contributed by atoms with E-state index in [-0.39, 0.29) is 11.6 Å². The Hall–Kier alpha value is -2.49. The van der Waals surface area contributed by atoms with Gasteiger partial charge in [0.2, 0.25) is 5.91 Å². The third-order valence-corrected chi connectivity index (χ3v) is 4.33. The number of rotatable bonds is 8. The lowest BCUT2D eigenvalue weighted by molar-refractivity contribution is -0.125. The van der Waals surface area contributed by atoms with Gasteiger partial charge in [-0.2, -0.15) is 0 Å². The van der Waals surface area contributed by atoms with Crippen LogP contribution in [0.3, 0.4) is 0 Å². The normalized spacial score (nSPS) is 14.4. The van der Waals surface area contributed by atoms with Gasteiger partial charge in [-0.1, -0.05) is 38.1 Å². The highest BCUT2D eigenvalue weighted by Gasteiger charge is 2.32. The minimum atomic E-state index is -1.75. The summed E-state index contributed by atoms with van der Waals surface area (Å²) in [6.45, 7) is 5.12. The van der Waals surface area contributed by atoms with Crippen LogP contribution in [0.5, 0.6) is 0 Å². The first-order valence-electron chi connectivity index (χ1n) is 9.19. The van der Waals surface area contributed by atoms with E-state index in [0.717, 1.165) is 10.8 Å². The Balaban J connectivity index is 2.13. The van der Waals surface area contributed by atoms with Gasteiger partial charge in [0.15, 0.2) is 0 Å². The summed E-state index contributed by atoms with van der Waals surface area (Å²) in [6, 6.07) is 7.73. The van der Waals surface area contributed by atoms with Gasteiger partial charge in [-0.3, -0.25) is 14.6 Å². The molecule has 1 aromatic carbocycles. The monoisotopic (exact) mass is 387 g/mol. The summed E-state index contributed by atoms with van der Waals surface area (Å²) in [4.78, 5) is 29.2. The Kier molecular flexibility index (Phi) is 7.50. The van der Waals surface area contributed by atoms with Crippen LogP contribution in [0.15, 0.2) is 36.5 Å². The van der Waals surface area contributed by atoms with E-state index in [1.165, 1.54) is 6.92 Å². The molecule has 28 heavy (non-hydrogen) atoms. The van der Waals surface area contributed by atoms with Crippen LogP contribution in [0.25, 0.3) is 10.8 Å². The molecule has 3 atom stereocenters. The molecule has 0 fully saturated rings. The minimum Gasteiger partial charge on any atom is -0.426 e. The SMILES string of the molecule is CC(C)C[C@H](NC(=O)[C@@H](NC(=O)c1cc2ccccc2cn1)C(C)O)B(O)O. The molecule has 0 aliphatic heterocycles. The summed E-state index contributed by atoms with van der Waals surface area (Å²) < 4.78 is 0. The predicted octanol–water partition coefficient (Wildman–Crippen LogP) is 0.257. The van der Waals surface area contributed by atoms with Gasteiger partial charge < -0.3 is 25.8 Å². The van der Waals surface area contributed by atoms with Crippen molar-refractivity contribution in [1.29, 1.82) is 0 Å². The number of carbonyl (C=O) groups excluding carboxylic acids is 2. The summed E-state index contributed by atoms with van der Waals surface area (Å²) in [5, 5.41) is 35.5. The molecule has 1 aromatic heterocycles. The van der Waals surface area contributed by atoms with Crippen LogP contribution in [0.1, 0.15) is 37.7 Å². The second-order valence-electron chi connectivity index (χ2n) is 7.27. The molecule has 2 rings (SSSR count). The van der Waals surface area contributed by atoms with E-state index < -0.39 is 37.0 Å². The fraction of sp³-hybridized carbons (Fsp3) is 0.421. The molecule has 0 saturated heterocycles. The third kappa shape index (κ3) is 5.75. The molecule has 5 N–H and O–H groups in total. The average molecular weight is 387 g/mol. The molecule has 1 heterocycles. The second-order valence-corrected chi connectivity index (χ2v) is 7.27. The average Bonchev–Trinajstić information content (AvgIpc) is 2.64. The highest BCUT2D eigenvalue weighted by molar-refractivity contribution is 6.43. The fourth-order valence-corrected chi connectivity index (χ4v) is 2.86. The summed E-state index contributed by atoms with van der Waals surface area (Å²) in [7, 11) is -1.75. The summed E-state index contributed by atoms with van der Waals surface area (Å²) >= 11 is 0. The van der Waals surface area contributed by atoms with Gasteiger partial charge >= 0.3 is 7.12 Å². The van der Waals surface area contributed by atoms with Gasteiger partial charge in [0, 0.05) is 11.6 Å². The Morgan fingerprint density at radius 2 is 1.75 bits per heavy atom. The molecule has 0 aliphatic rings. The van der Waals surface area contributed by atoms with E-state index in [9.17, 15) is 24.7 Å². The molecular formula is C19H26BN3O5. The molecular weight excluding hydrogens is 361 g/mol. The van der Waals surface area contributed by atoms with E-state index >= 15 is 0 Å². The van der Waals surface area contributed by atoms with Gasteiger partial charge in [-0.25, -0.2) is 0 Å². The molecule has 0 aliphatic carbocycles.